The lowest BCUT2D eigenvalue weighted by Gasteiger charge is -2.25. The Morgan fingerprint density at radius 1 is 0.683 bits per heavy atom. The van der Waals surface area contributed by atoms with E-state index in [9.17, 15) is 35.3 Å². The number of aromatic nitrogens is 1. The molecule has 13 nitrogen and oxygen atoms in total. The SMILES string of the molecule is Cc1cc(OCc2cccc(-c3cccc(COc4cc(OCc5cncc(C#N)c5)c(CN(C)[C@@H](CCO)C(=O)O)cc4Cl)c3C)c2C)c(Cl)cc1CN(C)[C@@H](CCO)C(=O)O. The fraction of sp³-hybridized carbons (Fsp3) is 0.333. The van der Waals surface area contributed by atoms with Crippen molar-refractivity contribution in [2.75, 3.05) is 27.3 Å². The van der Waals surface area contributed by atoms with E-state index in [0.717, 1.165) is 44.5 Å². The minimum Gasteiger partial charge on any atom is -0.488 e. The normalized spacial score (nSPS) is 12.2. The van der Waals surface area contributed by atoms with Gasteiger partial charge >= 0.3 is 11.9 Å². The van der Waals surface area contributed by atoms with E-state index < -0.39 is 24.0 Å². The minimum absolute atomic E-state index is 0.0370. The molecular weight excluding hydrogens is 847 g/mol. The molecule has 15 heteroatoms. The Bertz CT molecular complexity index is 2460. The number of carboxylic acids is 2. The standard InChI is InChI=1S/C48H52Cl2N4O9/c1-29-16-45(40(49)18-36(29)24-53(4)42(12-14-55)47(57)58)62-27-34-8-6-10-38(30(34)2)39-11-7-9-35(31(39)3)28-63-46-20-44(61-26-33-17-32(21-51)22-52-23-33)37(19-41(46)50)25-54(5)43(13-15-56)48(59)60/h6-11,16-20,22-23,42-43,55-56H,12-15,24-28H2,1-5H3,(H,57,58)(H,59,60)/t42-,43-/m0/s1. The van der Waals surface area contributed by atoms with Crippen molar-refractivity contribution >= 4 is 35.1 Å². The number of aliphatic hydroxyl groups is 2. The molecule has 2 atom stereocenters. The summed E-state index contributed by atoms with van der Waals surface area (Å²) in [7, 11) is 3.36. The molecule has 0 saturated heterocycles. The summed E-state index contributed by atoms with van der Waals surface area (Å²) in [6, 6.07) is 21.0. The van der Waals surface area contributed by atoms with Gasteiger partial charge < -0.3 is 34.6 Å². The lowest BCUT2D eigenvalue weighted by Crippen LogP contribution is -2.38. The van der Waals surface area contributed by atoms with Crippen molar-refractivity contribution in [1.29, 1.82) is 5.26 Å². The number of hydrogen-bond acceptors (Lipinski definition) is 11. The van der Waals surface area contributed by atoms with Crippen LogP contribution in [0.15, 0.2) is 79.1 Å². The zero-order chi connectivity index (χ0) is 45.8. The Morgan fingerprint density at radius 2 is 1.17 bits per heavy atom. The van der Waals surface area contributed by atoms with Crippen LogP contribution in [-0.4, -0.2) is 86.5 Å². The number of rotatable bonds is 22. The van der Waals surface area contributed by atoms with Crippen molar-refractivity contribution in [2.45, 2.75) is 78.6 Å². The molecule has 0 aliphatic carbocycles. The fourth-order valence-electron chi connectivity index (χ4n) is 7.35. The van der Waals surface area contributed by atoms with E-state index in [1.165, 1.54) is 6.20 Å². The van der Waals surface area contributed by atoms with E-state index >= 15 is 0 Å². The molecule has 1 aromatic heterocycles. The Balaban J connectivity index is 1.34. The Labute approximate surface area is 377 Å². The van der Waals surface area contributed by atoms with Crippen LogP contribution in [0.25, 0.3) is 11.1 Å². The van der Waals surface area contributed by atoms with Crippen molar-refractivity contribution in [1.82, 2.24) is 14.8 Å². The Morgan fingerprint density at radius 3 is 1.68 bits per heavy atom. The van der Waals surface area contributed by atoms with E-state index in [1.54, 1.807) is 54.4 Å². The molecule has 0 saturated carbocycles. The second-order valence-corrected chi connectivity index (χ2v) is 16.2. The first-order chi connectivity index (χ1) is 30.1. The number of nitriles is 1. The third-order valence-corrected chi connectivity index (χ3v) is 11.6. The van der Waals surface area contributed by atoms with Crippen LogP contribution < -0.4 is 14.2 Å². The highest BCUT2D eigenvalue weighted by Gasteiger charge is 2.25. The number of benzene rings is 4. The molecule has 0 fully saturated rings. The number of hydrogen-bond donors (Lipinski definition) is 4. The summed E-state index contributed by atoms with van der Waals surface area (Å²) in [4.78, 5) is 31.1. The maximum Gasteiger partial charge on any atom is 0.321 e. The van der Waals surface area contributed by atoms with E-state index in [0.29, 0.717) is 50.5 Å². The number of likely N-dealkylation sites (N-methyl/N-ethyl adjacent to an activating group) is 2. The van der Waals surface area contributed by atoms with Crippen molar-refractivity contribution in [3.63, 3.8) is 0 Å². The summed E-state index contributed by atoms with van der Waals surface area (Å²) < 4.78 is 18.9. The molecule has 0 spiro atoms. The van der Waals surface area contributed by atoms with E-state index in [4.69, 9.17) is 37.4 Å². The van der Waals surface area contributed by atoms with Gasteiger partial charge in [0.1, 0.15) is 55.2 Å². The molecule has 0 unspecified atom stereocenters. The van der Waals surface area contributed by atoms with E-state index in [1.807, 2.05) is 51.1 Å². The maximum atomic E-state index is 12.0. The lowest BCUT2D eigenvalue weighted by molar-refractivity contribution is -0.144. The summed E-state index contributed by atoms with van der Waals surface area (Å²) in [6.07, 6.45) is 3.21. The lowest BCUT2D eigenvalue weighted by atomic mass is 9.92. The third-order valence-electron chi connectivity index (χ3n) is 11.1. The quantitative estimate of drug-likeness (QED) is 0.0523. The van der Waals surface area contributed by atoms with Gasteiger partial charge in [-0.15, -0.1) is 0 Å². The van der Waals surface area contributed by atoms with Crippen LogP contribution in [0.5, 0.6) is 17.2 Å². The van der Waals surface area contributed by atoms with Gasteiger partial charge in [-0.1, -0.05) is 59.6 Å². The molecule has 5 aromatic rings. The number of carboxylic acid groups (broad SMARTS) is 2. The third kappa shape index (κ3) is 12.5. The van der Waals surface area contributed by atoms with Gasteiger partial charge in [0.25, 0.3) is 0 Å². The first kappa shape index (κ1) is 48.3. The van der Waals surface area contributed by atoms with Gasteiger partial charge in [-0.3, -0.25) is 24.4 Å². The molecule has 0 bridgehead atoms. The fourth-order valence-corrected chi connectivity index (χ4v) is 7.83. The number of aliphatic hydroxyl groups excluding tert-OH is 2. The number of nitrogens with zero attached hydrogens (tertiary/aromatic N) is 4. The van der Waals surface area contributed by atoms with Crippen LogP contribution in [-0.2, 0) is 42.5 Å². The molecule has 5 rings (SSSR count). The van der Waals surface area contributed by atoms with Gasteiger partial charge in [0, 0.05) is 55.9 Å². The summed E-state index contributed by atoms with van der Waals surface area (Å²) in [6.45, 7) is 6.46. The molecule has 0 amide bonds. The average molecular weight is 900 g/mol. The molecular formula is C48H52Cl2N4O9. The molecule has 4 N–H and O–H groups in total. The summed E-state index contributed by atoms with van der Waals surface area (Å²) in [5.74, 6) is -0.797. The second kappa shape index (κ2) is 22.6. The number of halogens is 2. The summed E-state index contributed by atoms with van der Waals surface area (Å²) in [5, 5.41) is 48.3. The Hall–Kier alpha value is -5.72. The molecule has 4 aromatic carbocycles. The highest BCUT2D eigenvalue weighted by molar-refractivity contribution is 6.32. The van der Waals surface area contributed by atoms with Crippen molar-refractivity contribution in [2.24, 2.45) is 0 Å². The highest BCUT2D eigenvalue weighted by Crippen LogP contribution is 2.37. The van der Waals surface area contributed by atoms with Gasteiger partial charge in [0.2, 0.25) is 0 Å². The minimum atomic E-state index is -1.06. The van der Waals surface area contributed by atoms with Crippen LogP contribution in [0.1, 0.15) is 62.9 Å². The maximum absolute atomic E-state index is 12.0. The molecule has 0 radical (unpaired) electrons. The van der Waals surface area contributed by atoms with Gasteiger partial charge in [-0.05, 0) is 116 Å². The van der Waals surface area contributed by atoms with Crippen molar-refractivity contribution in [3.8, 4) is 34.4 Å². The van der Waals surface area contributed by atoms with E-state index in [2.05, 4.69) is 23.2 Å². The zero-order valence-corrected chi connectivity index (χ0v) is 37.4. The Kier molecular flexibility index (Phi) is 17.3. The number of aryl methyl sites for hydroxylation is 1. The molecule has 0 aliphatic heterocycles. The van der Waals surface area contributed by atoms with Crippen molar-refractivity contribution in [3.05, 3.63) is 139 Å². The molecule has 1 heterocycles. The van der Waals surface area contributed by atoms with Gasteiger partial charge in [-0.25, -0.2) is 0 Å². The number of ether oxygens (including phenoxy) is 3. The summed E-state index contributed by atoms with van der Waals surface area (Å²) >= 11 is 13.5. The zero-order valence-electron chi connectivity index (χ0n) is 35.9. The average Bonchev–Trinajstić information content (AvgIpc) is 3.25. The van der Waals surface area contributed by atoms with Gasteiger partial charge in [0.05, 0.1) is 15.6 Å². The largest absolute Gasteiger partial charge is 0.488 e. The van der Waals surface area contributed by atoms with E-state index in [-0.39, 0.29) is 52.4 Å². The first-order valence-electron chi connectivity index (χ1n) is 20.2. The van der Waals surface area contributed by atoms with Crippen LogP contribution in [0, 0.1) is 32.1 Å². The summed E-state index contributed by atoms with van der Waals surface area (Å²) in [5.41, 5.74) is 9.34. The number of pyridine rings is 1. The van der Waals surface area contributed by atoms with Crippen LogP contribution in [0.3, 0.4) is 0 Å². The monoisotopic (exact) mass is 898 g/mol. The topological polar surface area (TPSA) is 186 Å². The molecule has 0 aliphatic rings. The van der Waals surface area contributed by atoms with Crippen molar-refractivity contribution < 1.29 is 44.2 Å². The van der Waals surface area contributed by atoms with Crippen LogP contribution in [0.2, 0.25) is 10.0 Å². The molecule has 332 valence electrons. The number of aliphatic carboxylic acids is 2. The number of carbonyl (C=O) groups is 2. The highest BCUT2D eigenvalue weighted by atomic mass is 35.5. The predicted molar refractivity (Wildman–Crippen MR) is 240 cm³/mol. The van der Waals surface area contributed by atoms with Gasteiger partial charge in [-0.2, -0.15) is 5.26 Å². The molecule has 63 heavy (non-hydrogen) atoms. The smallest absolute Gasteiger partial charge is 0.321 e. The first-order valence-corrected chi connectivity index (χ1v) is 21.0. The van der Waals surface area contributed by atoms with Crippen LogP contribution >= 0.6 is 23.2 Å². The second-order valence-electron chi connectivity index (χ2n) is 15.4. The predicted octanol–water partition coefficient (Wildman–Crippen LogP) is 8.12. The van der Waals surface area contributed by atoms with Crippen LogP contribution in [0.4, 0.5) is 0 Å². The van der Waals surface area contributed by atoms with Gasteiger partial charge in [0.15, 0.2) is 0 Å².